The van der Waals surface area contributed by atoms with E-state index in [-0.39, 0.29) is 0 Å². The molecule has 0 spiro atoms. The van der Waals surface area contributed by atoms with Gasteiger partial charge < -0.3 is 10.2 Å². The molecule has 1 heterocycles. The Morgan fingerprint density at radius 2 is 1.86 bits per heavy atom. The Morgan fingerprint density at radius 1 is 1.05 bits per heavy atom. The smallest absolute Gasteiger partial charge is 0.151 e. The number of hydrogen-bond donors (Lipinski definition) is 1. The Hall–Kier alpha value is -1.94. The summed E-state index contributed by atoms with van der Waals surface area (Å²) in [6.45, 7) is 6.96. The van der Waals surface area contributed by atoms with Crippen molar-refractivity contribution in [1.82, 2.24) is 15.3 Å². The van der Waals surface area contributed by atoms with Crippen molar-refractivity contribution in [2.45, 2.75) is 33.2 Å². The molecule has 1 aromatic heterocycles. The van der Waals surface area contributed by atoms with Gasteiger partial charge >= 0.3 is 0 Å². The van der Waals surface area contributed by atoms with Crippen LogP contribution in [0.15, 0.2) is 42.7 Å². The van der Waals surface area contributed by atoms with Gasteiger partial charge in [-0.1, -0.05) is 38.5 Å². The average molecular weight is 284 g/mol. The number of nitrogens with zero attached hydrogens (tertiary/aromatic N) is 3. The van der Waals surface area contributed by atoms with E-state index in [0.29, 0.717) is 0 Å². The van der Waals surface area contributed by atoms with Crippen LogP contribution in [0.5, 0.6) is 0 Å². The lowest BCUT2D eigenvalue weighted by Crippen LogP contribution is -2.20. The zero-order chi connectivity index (χ0) is 14.9. The number of anilines is 2. The highest BCUT2D eigenvalue weighted by Crippen LogP contribution is 2.23. The van der Waals surface area contributed by atoms with Crippen LogP contribution in [0.3, 0.4) is 0 Å². The molecule has 0 aliphatic heterocycles. The third kappa shape index (κ3) is 4.53. The average Bonchev–Trinajstić information content (AvgIpc) is 2.55. The molecule has 0 saturated carbocycles. The minimum Gasteiger partial charge on any atom is -0.325 e. The van der Waals surface area contributed by atoms with Gasteiger partial charge in [-0.15, -0.1) is 0 Å². The van der Waals surface area contributed by atoms with E-state index in [2.05, 4.69) is 58.3 Å². The second-order valence-electron chi connectivity index (χ2n) is 4.99. The molecule has 0 atom stereocenters. The lowest BCUT2D eigenvalue weighted by atomic mass is 10.2. The largest absolute Gasteiger partial charge is 0.325 e. The molecule has 0 unspecified atom stereocenters. The molecule has 112 valence electrons. The summed E-state index contributed by atoms with van der Waals surface area (Å²) in [5.41, 5.74) is 2.14. The van der Waals surface area contributed by atoms with Gasteiger partial charge in [-0.3, -0.25) is 4.98 Å². The van der Waals surface area contributed by atoms with E-state index in [1.54, 1.807) is 0 Å². The van der Waals surface area contributed by atoms with Crippen molar-refractivity contribution in [2.24, 2.45) is 0 Å². The summed E-state index contributed by atoms with van der Waals surface area (Å²) in [5.74, 6) is 0.912. The maximum Gasteiger partial charge on any atom is 0.151 e. The van der Waals surface area contributed by atoms with Crippen molar-refractivity contribution >= 4 is 11.5 Å². The molecular weight excluding hydrogens is 260 g/mol. The summed E-state index contributed by atoms with van der Waals surface area (Å²) in [6.07, 6.45) is 6.03. The van der Waals surface area contributed by atoms with Crippen LogP contribution in [0.1, 0.15) is 32.4 Å². The molecule has 0 aliphatic carbocycles. The van der Waals surface area contributed by atoms with Gasteiger partial charge in [0.05, 0.1) is 18.1 Å². The summed E-state index contributed by atoms with van der Waals surface area (Å²) >= 11 is 0. The van der Waals surface area contributed by atoms with Gasteiger partial charge in [0.1, 0.15) is 0 Å². The van der Waals surface area contributed by atoms with E-state index >= 15 is 0 Å². The number of rotatable bonds is 8. The Kier molecular flexibility index (Phi) is 6.16. The minimum absolute atomic E-state index is 0.768. The minimum atomic E-state index is 0.768. The van der Waals surface area contributed by atoms with Gasteiger partial charge in [-0.05, 0) is 25.1 Å². The molecule has 0 amide bonds. The molecule has 0 fully saturated rings. The van der Waals surface area contributed by atoms with Crippen LogP contribution in [0.25, 0.3) is 0 Å². The van der Waals surface area contributed by atoms with Crippen molar-refractivity contribution in [1.29, 1.82) is 0 Å². The molecule has 21 heavy (non-hydrogen) atoms. The zero-order valence-electron chi connectivity index (χ0n) is 12.9. The van der Waals surface area contributed by atoms with Crippen LogP contribution in [0, 0.1) is 0 Å². The van der Waals surface area contributed by atoms with Gasteiger partial charge in [0.25, 0.3) is 0 Å². The van der Waals surface area contributed by atoms with E-state index in [0.717, 1.165) is 44.0 Å². The molecule has 0 saturated heterocycles. The zero-order valence-corrected chi connectivity index (χ0v) is 12.9. The Labute approximate surface area is 127 Å². The van der Waals surface area contributed by atoms with E-state index in [9.17, 15) is 0 Å². The van der Waals surface area contributed by atoms with Gasteiger partial charge in [0.15, 0.2) is 5.82 Å². The number of aromatic nitrogens is 2. The molecule has 0 aliphatic rings. The van der Waals surface area contributed by atoms with Crippen LogP contribution in [0.4, 0.5) is 11.5 Å². The summed E-state index contributed by atoms with van der Waals surface area (Å²) in [4.78, 5) is 11.3. The summed E-state index contributed by atoms with van der Waals surface area (Å²) < 4.78 is 0. The molecule has 1 N–H and O–H groups in total. The molecule has 2 aromatic rings. The first-order valence-corrected chi connectivity index (χ1v) is 7.69. The topological polar surface area (TPSA) is 41.1 Å². The SMILES string of the molecule is CCCCN(c1ccccc1)c1cnc(CNCC)cn1. The fraction of sp³-hybridized carbons (Fsp3) is 0.412. The molecule has 0 radical (unpaired) electrons. The monoisotopic (exact) mass is 284 g/mol. The van der Waals surface area contributed by atoms with Crippen molar-refractivity contribution in [2.75, 3.05) is 18.0 Å². The maximum atomic E-state index is 4.58. The fourth-order valence-electron chi connectivity index (χ4n) is 2.13. The molecule has 1 aromatic carbocycles. The lowest BCUT2D eigenvalue weighted by molar-refractivity contribution is 0.705. The van der Waals surface area contributed by atoms with Gasteiger partial charge in [-0.2, -0.15) is 0 Å². The lowest BCUT2D eigenvalue weighted by Gasteiger charge is -2.23. The third-order valence-electron chi connectivity index (χ3n) is 3.33. The molecule has 4 heteroatoms. The van der Waals surface area contributed by atoms with Crippen LogP contribution in [-0.2, 0) is 6.54 Å². The first-order chi connectivity index (χ1) is 10.3. The Bertz CT molecular complexity index is 510. The molecule has 0 bridgehead atoms. The predicted molar refractivity (Wildman–Crippen MR) is 87.8 cm³/mol. The summed E-state index contributed by atoms with van der Waals surface area (Å²) in [5, 5.41) is 3.26. The molecule has 2 rings (SSSR count). The van der Waals surface area contributed by atoms with Gasteiger partial charge in [0.2, 0.25) is 0 Å². The van der Waals surface area contributed by atoms with Gasteiger partial charge in [-0.25, -0.2) is 4.98 Å². The number of unbranched alkanes of at least 4 members (excludes halogenated alkanes) is 1. The Morgan fingerprint density at radius 3 is 2.48 bits per heavy atom. The first kappa shape index (κ1) is 15.4. The van der Waals surface area contributed by atoms with E-state index in [1.807, 2.05) is 18.5 Å². The second-order valence-corrected chi connectivity index (χ2v) is 4.99. The molecular formula is C17H24N4. The Balaban J connectivity index is 2.16. The fourth-order valence-corrected chi connectivity index (χ4v) is 2.13. The highest BCUT2D eigenvalue weighted by molar-refractivity contribution is 5.58. The predicted octanol–water partition coefficient (Wildman–Crippen LogP) is 3.52. The summed E-state index contributed by atoms with van der Waals surface area (Å²) in [6, 6.07) is 10.4. The first-order valence-electron chi connectivity index (χ1n) is 7.69. The third-order valence-corrected chi connectivity index (χ3v) is 3.33. The van der Waals surface area contributed by atoms with Crippen molar-refractivity contribution in [3.8, 4) is 0 Å². The number of hydrogen-bond acceptors (Lipinski definition) is 4. The maximum absolute atomic E-state index is 4.58. The number of benzene rings is 1. The van der Waals surface area contributed by atoms with Crippen molar-refractivity contribution < 1.29 is 0 Å². The highest BCUT2D eigenvalue weighted by Gasteiger charge is 2.10. The standard InChI is InChI=1S/C17H24N4/c1-3-5-11-21(16-9-7-6-8-10-16)17-14-19-15(13-20-17)12-18-4-2/h6-10,13-14,18H,3-5,11-12H2,1-2H3. The quantitative estimate of drug-likeness (QED) is 0.805. The van der Waals surface area contributed by atoms with E-state index < -0.39 is 0 Å². The number of para-hydroxylation sites is 1. The molecule has 4 nitrogen and oxygen atoms in total. The van der Waals surface area contributed by atoms with E-state index in [1.165, 1.54) is 5.69 Å². The van der Waals surface area contributed by atoms with Crippen LogP contribution < -0.4 is 10.2 Å². The van der Waals surface area contributed by atoms with Crippen molar-refractivity contribution in [3.63, 3.8) is 0 Å². The number of nitrogens with one attached hydrogen (secondary N) is 1. The van der Waals surface area contributed by atoms with Crippen LogP contribution >= 0.6 is 0 Å². The van der Waals surface area contributed by atoms with Crippen molar-refractivity contribution in [3.05, 3.63) is 48.4 Å². The second kappa shape index (κ2) is 8.37. The van der Waals surface area contributed by atoms with Crippen LogP contribution in [-0.4, -0.2) is 23.1 Å². The normalized spacial score (nSPS) is 10.6. The van der Waals surface area contributed by atoms with Crippen LogP contribution in [0.2, 0.25) is 0 Å². The summed E-state index contributed by atoms with van der Waals surface area (Å²) in [7, 11) is 0. The highest BCUT2D eigenvalue weighted by atomic mass is 15.2. The van der Waals surface area contributed by atoms with Gasteiger partial charge in [0, 0.05) is 18.8 Å². The van der Waals surface area contributed by atoms with E-state index in [4.69, 9.17) is 0 Å².